The minimum Gasteiger partial charge on any atom is -0.326 e. The fourth-order valence-electron chi connectivity index (χ4n) is 4.07. The molecular formula is C25H29N5O2. The zero-order valence-corrected chi connectivity index (χ0v) is 18.8. The Hall–Kier alpha value is -3.45. The van der Waals surface area contributed by atoms with Crippen molar-refractivity contribution in [2.75, 3.05) is 0 Å². The lowest BCUT2D eigenvalue weighted by Gasteiger charge is -2.11. The number of nitrogens with two attached hydrogens (primary N) is 1. The third-order valence-electron chi connectivity index (χ3n) is 5.65. The molecule has 4 rings (SSSR count). The SMILES string of the molecule is CC(C)Cn1c(=O)n(C)c(=O)c2c(Cc3ccccc3)n(Cc3cccc(CN)c3)nc21. The lowest BCUT2D eigenvalue weighted by molar-refractivity contribution is 0.497. The Bertz CT molecular complexity index is 1360. The van der Waals surface area contributed by atoms with Crippen molar-refractivity contribution in [3.63, 3.8) is 0 Å². The van der Waals surface area contributed by atoms with E-state index in [0.29, 0.717) is 37.1 Å². The molecule has 2 N–H and O–H groups in total. The third kappa shape index (κ3) is 4.16. The number of nitrogens with zero attached hydrogens (tertiary/aromatic N) is 4. The molecule has 2 aromatic heterocycles. The first-order chi connectivity index (χ1) is 15.4. The Kier molecular flexibility index (Phi) is 6.10. The number of rotatable bonds is 7. The molecule has 7 nitrogen and oxygen atoms in total. The predicted octanol–water partition coefficient (Wildman–Crippen LogP) is 2.65. The molecule has 0 saturated carbocycles. The van der Waals surface area contributed by atoms with Gasteiger partial charge in [-0.2, -0.15) is 5.10 Å². The summed E-state index contributed by atoms with van der Waals surface area (Å²) in [5.41, 5.74) is 9.60. The van der Waals surface area contributed by atoms with Crippen molar-refractivity contribution in [3.05, 3.63) is 97.8 Å². The van der Waals surface area contributed by atoms with E-state index < -0.39 is 0 Å². The second-order valence-corrected chi connectivity index (χ2v) is 8.64. The van der Waals surface area contributed by atoms with Gasteiger partial charge in [-0.05, 0) is 22.6 Å². The highest BCUT2D eigenvalue weighted by atomic mass is 16.2. The van der Waals surface area contributed by atoms with Crippen LogP contribution in [0.5, 0.6) is 0 Å². The highest BCUT2D eigenvalue weighted by molar-refractivity contribution is 5.78. The van der Waals surface area contributed by atoms with E-state index in [1.807, 2.05) is 67.1 Å². The summed E-state index contributed by atoms with van der Waals surface area (Å²) < 4.78 is 4.69. The smallest absolute Gasteiger partial charge is 0.326 e. The summed E-state index contributed by atoms with van der Waals surface area (Å²) in [6, 6.07) is 18.0. The van der Waals surface area contributed by atoms with Crippen molar-refractivity contribution in [2.45, 2.75) is 39.9 Å². The Balaban J connectivity index is 1.96. The van der Waals surface area contributed by atoms with Gasteiger partial charge in [0.1, 0.15) is 5.39 Å². The van der Waals surface area contributed by atoms with Crippen LogP contribution in [-0.2, 0) is 33.1 Å². The van der Waals surface area contributed by atoms with E-state index in [-0.39, 0.29) is 17.2 Å². The van der Waals surface area contributed by atoms with E-state index in [4.69, 9.17) is 10.8 Å². The molecule has 0 aliphatic carbocycles. The third-order valence-corrected chi connectivity index (χ3v) is 5.65. The van der Waals surface area contributed by atoms with Crippen molar-refractivity contribution in [1.29, 1.82) is 0 Å². The number of hydrogen-bond donors (Lipinski definition) is 1. The Morgan fingerprint density at radius 2 is 1.66 bits per heavy atom. The molecule has 2 heterocycles. The van der Waals surface area contributed by atoms with Gasteiger partial charge in [-0.25, -0.2) is 4.79 Å². The molecule has 0 bridgehead atoms. The van der Waals surface area contributed by atoms with Crippen LogP contribution in [0.25, 0.3) is 11.0 Å². The second-order valence-electron chi connectivity index (χ2n) is 8.64. The van der Waals surface area contributed by atoms with Gasteiger partial charge in [0.15, 0.2) is 5.65 Å². The monoisotopic (exact) mass is 431 g/mol. The molecular weight excluding hydrogens is 402 g/mol. The van der Waals surface area contributed by atoms with Crippen molar-refractivity contribution < 1.29 is 0 Å². The number of fused-ring (bicyclic) bond motifs is 1. The quantitative estimate of drug-likeness (QED) is 0.487. The van der Waals surface area contributed by atoms with Crippen LogP contribution in [0.2, 0.25) is 0 Å². The van der Waals surface area contributed by atoms with Gasteiger partial charge in [-0.3, -0.25) is 18.6 Å². The topological polar surface area (TPSA) is 87.8 Å². The average molecular weight is 432 g/mol. The number of benzene rings is 2. The van der Waals surface area contributed by atoms with Crippen LogP contribution in [0.1, 0.15) is 36.2 Å². The van der Waals surface area contributed by atoms with Crippen LogP contribution >= 0.6 is 0 Å². The van der Waals surface area contributed by atoms with E-state index in [1.54, 1.807) is 4.57 Å². The van der Waals surface area contributed by atoms with Crippen LogP contribution in [0.4, 0.5) is 0 Å². The summed E-state index contributed by atoms with van der Waals surface area (Å²) in [6.45, 7) is 5.53. The van der Waals surface area contributed by atoms with Crippen molar-refractivity contribution in [3.8, 4) is 0 Å². The zero-order valence-electron chi connectivity index (χ0n) is 18.8. The molecule has 0 fully saturated rings. The van der Waals surface area contributed by atoms with Gasteiger partial charge < -0.3 is 5.73 Å². The van der Waals surface area contributed by atoms with Gasteiger partial charge in [-0.1, -0.05) is 68.4 Å². The molecule has 4 aromatic rings. The maximum Gasteiger partial charge on any atom is 0.332 e. The Labute approximate surface area is 186 Å². The number of hydrogen-bond acceptors (Lipinski definition) is 4. The van der Waals surface area contributed by atoms with Crippen LogP contribution in [0.3, 0.4) is 0 Å². The number of aromatic nitrogens is 4. The minimum atomic E-state index is -0.336. The highest BCUT2D eigenvalue weighted by Gasteiger charge is 2.22. The van der Waals surface area contributed by atoms with E-state index in [2.05, 4.69) is 6.07 Å². The molecule has 0 aliphatic rings. The molecule has 32 heavy (non-hydrogen) atoms. The summed E-state index contributed by atoms with van der Waals surface area (Å²) in [6.07, 6.45) is 0.545. The standard InChI is InChI=1S/C25H29N5O2/c1-17(2)15-29-23-22(24(31)28(3)25(29)32)21(13-18-8-5-4-6-9-18)30(27-23)16-20-11-7-10-19(12-20)14-26/h4-12,17H,13-16,26H2,1-3H3. The van der Waals surface area contributed by atoms with Gasteiger partial charge in [0.25, 0.3) is 5.56 Å². The van der Waals surface area contributed by atoms with Crippen molar-refractivity contribution in [1.82, 2.24) is 18.9 Å². The molecule has 2 aromatic carbocycles. The van der Waals surface area contributed by atoms with E-state index in [1.165, 1.54) is 11.6 Å². The lowest BCUT2D eigenvalue weighted by Crippen LogP contribution is -2.39. The summed E-state index contributed by atoms with van der Waals surface area (Å²) >= 11 is 0. The molecule has 0 saturated heterocycles. The van der Waals surface area contributed by atoms with Crippen LogP contribution < -0.4 is 17.0 Å². The fraction of sp³-hybridized carbons (Fsp3) is 0.320. The van der Waals surface area contributed by atoms with Gasteiger partial charge >= 0.3 is 5.69 Å². The summed E-state index contributed by atoms with van der Waals surface area (Å²) in [5, 5.41) is 5.32. The van der Waals surface area contributed by atoms with E-state index in [9.17, 15) is 9.59 Å². The minimum absolute atomic E-state index is 0.234. The first kappa shape index (κ1) is 21.8. The van der Waals surface area contributed by atoms with E-state index in [0.717, 1.165) is 22.4 Å². The van der Waals surface area contributed by atoms with Crippen molar-refractivity contribution >= 4 is 11.0 Å². The molecule has 166 valence electrons. The first-order valence-corrected chi connectivity index (χ1v) is 10.9. The van der Waals surface area contributed by atoms with Crippen LogP contribution in [-0.4, -0.2) is 18.9 Å². The molecule has 0 atom stereocenters. The summed E-state index contributed by atoms with van der Waals surface area (Å²) in [4.78, 5) is 26.2. The Morgan fingerprint density at radius 1 is 0.969 bits per heavy atom. The zero-order chi connectivity index (χ0) is 22.8. The average Bonchev–Trinajstić information content (AvgIpc) is 3.13. The van der Waals surface area contributed by atoms with Crippen molar-refractivity contribution in [2.24, 2.45) is 18.7 Å². The highest BCUT2D eigenvalue weighted by Crippen LogP contribution is 2.20. The molecule has 0 spiro atoms. The largest absolute Gasteiger partial charge is 0.332 e. The van der Waals surface area contributed by atoms with Gasteiger partial charge in [-0.15, -0.1) is 0 Å². The van der Waals surface area contributed by atoms with E-state index >= 15 is 0 Å². The Morgan fingerprint density at radius 3 is 2.34 bits per heavy atom. The molecule has 0 aliphatic heterocycles. The molecule has 0 amide bonds. The lowest BCUT2D eigenvalue weighted by atomic mass is 10.1. The van der Waals surface area contributed by atoms with Gasteiger partial charge in [0.2, 0.25) is 0 Å². The van der Waals surface area contributed by atoms with Crippen LogP contribution in [0.15, 0.2) is 64.2 Å². The maximum absolute atomic E-state index is 13.2. The predicted molar refractivity (Wildman–Crippen MR) is 127 cm³/mol. The fourth-order valence-corrected chi connectivity index (χ4v) is 4.07. The van der Waals surface area contributed by atoms with Crippen LogP contribution in [0, 0.1) is 5.92 Å². The normalized spacial score (nSPS) is 11.5. The summed E-state index contributed by atoms with van der Waals surface area (Å²) in [7, 11) is 1.54. The molecule has 0 radical (unpaired) electrons. The second kappa shape index (κ2) is 8.96. The van der Waals surface area contributed by atoms with Gasteiger partial charge in [0, 0.05) is 26.6 Å². The first-order valence-electron chi connectivity index (χ1n) is 10.9. The molecule has 7 heteroatoms. The molecule has 0 unspecified atom stereocenters. The maximum atomic E-state index is 13.2. The summed E-state index contributed by atoms with van der Waals surface area (Å²) in [5.74, 6) is 0.234. The van der Waals surface area contributed by atoms with Gasteiger partial charge in [0.05, 0.1) is 12.2 Å².